The number of hydrogen-bond donors (Lipinski definition) is 1. The smallest absolute Gasteiger partial charge is 0.411 e. The van der Waals surface area contributed by atoms with Crippen molar-refractivity contribution in [2.75, 3.05) is 6.61 Å². The zero-order valence-corrected chi connectivity index (χ0v) is 9.39. The molecule has 0 aliphatic carbocycles. The molecule has 0 bridgehead atoms. The Morgan fingerprint density at radius 3 is 2.78 bits per heavy atom. The Labute approximate surface area is 99.5 Å². The highest BCUT2D eigenvalue weighted by Gasteiger charge is 2.28. The van der Waals surface area contributed by atoms with E-state index in [4.69, 9.17) is 5.11 Å². The summed E-state index contributed by atoms with van der Waals surface area (Å²) >= 11 is 0. The van der Waals surface area contributed by atoms with Crippen LogP contribution in [0.15, 0.2) is 0 Å². The highest BCUT2D eigenvalue weighted by atomic mass is 19.4. The number of rotatable bonds is 6. The number of halogens is 3. The lowest BCUT2D eigenvalue weighted by Gasteiger charge is -2.11. The van der Waals surface area contributed by atoms with Crippen molar-refractivity contribution < 1.29 is 27.8 Å². The summed E-state index contributed by atoms with van der Waals surface area (Å²) in [4.78, 5) is 10.5. The van der Waals surface area contributed by atoms with Crippen molar-refractivity contribution in [1.82, 2.24) is 20.2 Å². The van der Waals surface area contributed by atoms with Crippen molar-refractivity contribution in [3.63, 3.8) is 0 Å². The summed E-state index contributed by atoms with van der Waals surface area (Å²) in [5.41, 5.74) is 0. The van der Waals surface area contributed by atoms with E-state index in [1.54, 1.807) is 0 Å². The Hall–Kier alpha value is -1.71. The molecular weight excluding hydrogens is 257 g/mol. The number of hydrogen-bond acceptors (Lipinski definition) is 5. The average molecular weight is 268 g/mol. The number of tetrazole rings is 1. The van der Waals surface area contributed by atoms with Crippen molar-refractivity contribution in [1.29, 1.82) is 0 Å². The Bertz CT molecular complexity index is 407. The third-order valence-electron chi connectivity index (χ3n) is 1.95. The van der Waals surface area contributed by atoms with Gasteiger partial charge in [0.25, 0.3) is 0 Å². The van der Waals surface area contributed by atoms with Gasteiger partial charge in [0.05, 0.1) is 12.5 Å². The molecule has 1 unspecified atom stereocenters. The summed E-state index contributed by atoms with van der Waals surface area (Å²) < 4.78 is 41.1. The standard InChI is InChI=1S/C8H11F3N4O3/c1-5(2-7(16)17)15-6(12-13-14-15)3-18-4-8(9,10)11/h5H,2-4H2,1H3,(H,16,17). The molecule has 0 aliphatic heterocycles. The normalized spacial score (nSPS) is 13.6. The number of carboxylic acids is 1. The lowest BCUT2D eigenvalue weighted by molar-refractivity contribution is -0.177. The van der Waals surface area contributed by atoms with Crippen LogP contribution in [0.2, 0.25) is 0 Å². The van der Waals surface area contributed by atoms with E-state index in [1.165, 1.54) is 6.92 Å². The quantitative estimate of drug-likeness (QED) is 0.820. The van der Waals surface area contributed by atoms with E-state index in [1.807, 2.05) is 0 Å². The Morgan fingerprint density at radius 1 is 1.56 bits per heavy atom. The first kappa shape index (κ1) is 14.4. The third-order valence-corrected chi connectivity index (χ3v) is 1.95. The van der Waals surface area contributed by atoms with Gasteiger partial charge in [-0.3, -0.25) is 4.79 Å². The van der Waals surface area contributed by atoms with E-state index < -0.39 is 31.4 Å². The predicted molar refractivity (Wildman–Crippen MR) is 50.5 cm³/mol. The molecule has 0 aromatic carbocycles. The number of alkyl halides is 3. The average Bonchev–Trinajstić information content (AvgIpc) is 2.62. The molecular formula is C8H11F3N4O3. The Kier molecular flexibility index (Phi) is 4.59. The Balaban J connectivity index is 2.57. The molecule has 1 atom stereocenters. The largest absolute Gasteiger partial charge is 0.481 e. The summed E-state index contributed by atoms with van der Waals surface area (Å²) in [7, 11) is 0. The number of carboxylic acid groups (broad SMARTS) is 1. The van der Waals surface area contributed by atoms with Gasteiger partial charge in [-0.1, -0.05) is 0 Å². The maximum atomic E-state index is 11.9. The van der Waals surface area contributed by atoms with Crippen molar-refractivity contribution in [3.8, 4) is 0 Å². The molecule has 1 N–H and O–H groups in total. The van der Waals surface area contributed by atoms with Gasteiger partial charge in [-0.25, -0.2) is 4.68 Å². The van der Waals surface area contributed by atoms with Crippen LogP contribution in [0, 0.1) is 0 Å². The first-order chi connectivity index (χ1) is 8.29. The van der Waals surface area contributed by atoms with E-state index in [2.05, 4.69) is 20.3 Å². The van der Waals surface area contributed by atoms with Gasteiger partial charge < -0.3 is 9.84 Å². The summed E-state index contributed by atoms with van der Waals surface area (Å²) in [5, 5.41) is 18.9. The molecule has 0 radical (unpaired) electrons. The molecule has 0 amide bonds. The number of nitrogens with zero attached hydrogens (tertiary/aromatic N) is 4. The lowest BCUT2D eigenvalue weighted by Crippen LogP contribution is -2.19. The van der Waals surface area contributed by atoms with Crippen molar-refractivity contribution in [3.05, 3.63) is 5.82 Å². The second-order valence-electron chi connectivity index (χ2n) is 3.59. The fourth-order valence-electron chi connectivity index (χ4n) is 1.25. The SMILES string of the molecule is CC(CC(=O)O)n1nnnc1COCC(F)(F)F. The van der Waals surface area contributed by atoms with Crippen LogP contribution >= 0.6 is 0 Å². The number of carbonyl (C=O) groups is 1. The number of aliphatic carboxylic acids is 1. The Morgan fingerprint density at radius 2 is 2.22 bits per heavy atom. The van der Waals surface area contributed by atoms with Crippen molar-refractivity contribution in [2.45, 2.75) is 32.2 Å². The fourth-order valence-corrected chi connectivity index (χ4v) is 1.25. The molecule has 0 aliphatic rings. The predicted octanol–water partition coefficient (Wildman–Crippen LogP) is 0.788. The first-order valence-corrected chi connectivity index (χ1v) is 4.92. The number of aromatic nitrogens is 4. The van der Waals surface area contributed by atoms with Crippen LogP contribution in [-0.2, 0) is 16.1 Å². The van der Waals surface area contributed by atoms with Crippen LogP contribution in [0.5, 0.6) is 0 Å². The molecule has 0 spiro atoms. The van der Waals surface area contributed by atoms with Gasteiger partial charge in [-0.15, -0.1) is 5.10 Å². The van der Waals surface area contributed by atoms with Gasteiger partial charge in [0.1, 0.15) is 13.2 Å². The summed E-state index contributed by atoms with van der Waals surface area (Å²) in [6.45, 7) is -0.304. The zero-order chi connectivity index (χ0) is 13.8. The molecule has 0 saturated carbocycles. The molecule has 0 saturated heterocycles. The fraction of sp³-hybridized carbons (Fsp3) is 0.750. The molecule has 7 nitrogen and oxygen atoms in total. The highest BCUT2D eigenvalue weighted by molar-refractivity contribution is 5.67. The molecule has 102 valence electrons. The highest BCUT2D eigenvalue weighted by Crippen LogP contribution is 2.16. The minimum atomic E-state index is -4.43. The van der Waals surface area contributed by atoms with E-state index in [9.17, 15) is 18.0 Å². The van der Waals surface area contributed by atoms with Crippen molar-refractivity contribution >= 4 is 5.97 Å². The third kappa shape index (κ3) is 4.65. The molecule has 1 aromatic rings. The molecule has 10 heteroatoms. The first-order valence-electron chi connectivity index (χ1n) is 4.92. The van der Waals surface area contributed by atoms with E-state index in [-0.39, 0.29) is 12.2 Å². The van der Waals surface area contributed by atoms with Crippen LogP contribution < -0.4 is 0 Å². The monoisotopic (exact) mass is 268 g/mol. The van der Waals surface area contributed by atoms with Gasteiger partial charge in [0.2, 0.25) is 0 Å². The summed E-state index contributed by atoms with van der Waals surface area (Å²) in [5.74, 6) is -1.01. The topological polar surface area (TPSA) is 90.1 Å². The van der Waals surface area contributed by atoms with Crippen molar-refractivity contribution in [2.24, 2.45) is 0 Å². The summed E-state index contributed by atoms with van der Waals surface area (Å²) in [6.07, 6.45) is -4.66. The van der Waals surface area contributed by atoms with E-state index in [0.717, 1.165) is 4.68 Å². The minimum Gasteiger partial charge on any atom is -0.481 e. The van der Waals surface area contributed by atoms with Gasteiger partial charge in [-0.2, -0.15) is 13.2 Å². The van der Waals surface area contributed by atoms with Crippen LogP contribution in [-0.4, -0.2) is 44.1 Å². The van der Waals surface area contributed by atoms with E-state index in [0.29, 0.717) is 0 Å². The zero-order valence-electron chi connectivity index (χ0n) is 9.39. The van der Waals surface area contributed by atoms with E-state index >= 15 is 0 Å². The van der Waals surface area contributed by atoms with Crippen LogP contribution in [0.4, 0.5) is 13.2 Å². The molecule has 1 aromatic heterocycles. The number of ether oxygens (including phenoxy) is 1. The molecule has 18 heavy (non-hydrogen) atoms. The van der Waals surface area contributed by atoms with Gasteiger partial charge in [0.15, 0.2) is 5.82 Å². The second kappa shape index (κ2) is 5.76. The maximum absolute atomic E-state index is 11.9. The second-order valence-corrected chi connectivity index (χ2v) is 3.59. The lowest BCUT2D eigenvalue weighted by atomic mass is 10.2. The molecule has 1 heterocycles. The molecule has 1 rings (SSSR count). The molecule has 0 fully saturated rings. The van der Waals surface area contributed by atoms with Gasteiger partial charge in [-0.05, 0) is 17.4 Å². The van der Waals surface area contributed by atoms with Crippen LogP contribution in [0.3, 0.4) is 0 Å². The van der Waals surface area contributed by atoms with Crippen LogP contribution in [0.1, 0.15) is 25.2 Å². The minimum absolute atomic E-state index is 0.0491. The van der Waals surface area contributed by atoms with Gasteiger partial charge in [0, 0.05) is 0 Å². The van der Waals surface area contributed by atoms with Gasteiger partial charge >= 0.3 is 12.1 Å². The maximum Gasteiger partial charge on any atom is 0.411 e. The van der Waals surface area contributed by atoms with Crippen LogP contribution in [0.25, 0.3) is 0 Å². The summed E-state index contributed by atoms with van der Waals surface area (Å²) in [6, 6.07) is -0.568.